The van der Waals surface area contributed by atoms with Gasteiger partial charge in [0.25, 0.3) is 0 Å². The van der Waals surface area contributed by atoms with Gasteiger partial charge in [-0.25, -0.2) is 8.42 Å². The second-order valence-corrected chi connectivity index (χ2v) is 11.2. The predicted molar refractivity (Wildman–Crippen MR) is 149 cm³/mol. The molecule has 0 amide bonds. The van der Waals surface area contributed by atoms with Gasteiger partial charge in [-0.15, -0.1) is 0 Å². The molecule has 0 spiro atoms. The fraction of sp³-hybridized carbons (Fsp3) is 0.355. The van der Waals surface area contributed by atoms with E-state index in [2.05, 4.69) is 19.1 Å². The van der Waals surface area contributed by atoms with Crippen LogP contribution in [0.4, 0.5) is 0 Å². The molecular formula is C31H37NaO6S. The number of aryl methyl sites for hydroxylation is 1. The Balaban J connectivity index is 0.00000533. The number of aromatic hydroxyl groups is 1. The van der Waals surface area contributed by atoms with Crippen molar-refractivity contribution in [3.63, 3.8) is 0 Å². The van der Waals surface area contributed by atoms with Crippen LogP contribution in [0.3, 0.4) is 0 Å². The molecular weight excluding hydrogens is 523 g/mol. The van der Waals surface area contributed by atoms with Crippen LogP contribution < -0.4 is 34.3 Å². The van der Waals surface area contributed by atoms with Crippen molar-refractivity contribution in [1.82, 2.24) is 0 Å². The summed E-state index contributed by atoms with van der Waals surface area (Å²) >= 11 is 0. The van der Waals surface area contributed by atoms with E-state index >= 15 is 0 Å². The summed E-state index contributed by atoms with van der Waals surface area (Å²) in [5.41, 5.74) is 2.61. The Morgan fingerprint density at radius 1 is 0.897 bits per heavy atom. The average Bonchev–Trinajstić information content (AvgIpc) is 2.91. The SMILES string of the molecule is CCCCC[C@H](Oc1ccc(CC[C@H](C/C=C/[C@@H](O)c2ccc(O)cc2)S(=O)(=O)[O-])cc1)c1ccccc1.[Na+]. The van der Waals surface area contributed by atoms with Gasteiger partial charge in [-0.3, -0.25) is 0 Å². The molecule has 0 unspecified atom stereocenters. The third kappa shape index (κ3) is 11.5. The number of phenolic OH excluding ortho intramolecular Hbond substituents is 1. The Hall–Kier alpha value is -2.13. The molecule has 3 rings (SSSR count). The van der Waals surface area contributed by atoms with Gasteiger partial charge in [-0.05, 0) is 73.1 Å². The molecule has 0 aliphatic rings. The molecule has 0 aromatic heterocycles. The first-order valence-electron chi connectivity index (χ1n) is 13.1. The van der Waals surface area contributed by atoms with Crippen molar-refractivity contribution in [2.75, 3.05) is 0 Å². The van der Waals surface area contributed by atoms with E-state index in [1.165, 1.54) is 24.3 Å². The Labute approximate surface area is 254 Å². The summed E-state index contributed by atoms with van der Waals surface area (Å²) < 4.78 is 41.9. The van der Waals surface area contributed by atoms with Gasteiger partial charge in [0.15, 0.2) is 0 Å². The Morgan fingerprint density at radius 3 is 2.18 bits per heavy atom. The molecule has 6 nitrogen and oxygen atoms in total. The van der Waals surface area contributed by atoms with Crippen LogP contribution in [-0.4, -0.2) is 28.4 Å². The van der Waals surface area contributed by atoms with Crippen molar-refractivity contribution < 1.29 is 57.5 Å². The Bertz CT molecular complexity index is 1230. The zero-order chi connectivity index (χ0) is 27.4. The minimum absolute atomic E-state index is 0. The summed E-state index contributed by atoms with van der Waals surface area (Å²) in [7, 11) is -4.51. The molecule has 39 heavy (non-hydrogen) atoms. The van der Waals surface area contributed by atoms with Crippen LogP contribution in [0.25, 0.3) is 0 Å². The molecule has 0 aliphatic heterocycles. The van der Waals surface area contributed by atoms with Crippen LogP contribution >= 0.6 is 0 Å². The molecule has 0 aliphatic carbocycles. The van der Waals surface area contributed by atoms with E-state index in [1.54, 1.807) is 12.1 Å². The van der Waals surface area contributed by atoms with Crippen molar-refractivity contribution in [3.05, 3.63) is 108 Å². The normalized spacial score (nSPS) is 13.9. The van der Waals surface area contributed by atoms with Gasteiger partial charge in [0.05, 0.1) is 21.5 Å². The topological polar surface area (TPSA) is 107 Å². The molecule has 0 saturated heterocycles. The fourth-order valence-corrected chi connectivity index (χ4v) is 5.04. The summed E-state index contributed by atoms with van der Waals surface area (Å²) in [6, 6.07) is 23.8. The second kappa shape index (κ2) is 16.9. The number of ether oxygens (including phenoxy) is 1. The fourth-order valence-electron chi connectivity index (χ4n) is 4.29. The molecule has 0 radical (unpaired) electrons. The number of hydrogen-bond acceptors (Lipinski definition) is 6. The third-order valence-corrected chi connectivity index (χ3v) is 7.80. The molecule has 0 bridgehead atoms. The number of rotatable bonds is 15. The van der Waals surface area contributed by atoms with E-state index in [0.717, 1.165) is 42.6 Å². The number of hydrogen-bond donors (Lipinski definition) is 2. The quantitative estimate of drug-likeness (QED) is 0.127. The molecule has 8 heteroatoms. The van der Waals surface area contributed by atoms with Gasteiger partial charge in [-0.1, -0.05) is 86.5 Å². The van der Waals surface area contributed by atoms with Crippen LogP contribution in [0, 0.1) is 0 Å². The van der Waals surface area contributed by atoms with Crippen LogP contribution in [0.2, 0.25) is 0 Å². The van der Waals surface area contributed by atoms with Crippen LogP contribution in [0.1, 0.15) is 74.3 Å². The van der Waals surface area contributed by atoms with Gasteiger partial charge in [-0.2, -0.15) is 0 Å². The van der Waals surface area contributed by atoms with Crippen molar-refractivity contribution in [1.29, 1.82) is 0 Å². The summed E-state index contributed by atoms with van der Waals surface area (Å²) in [5.74, 6) is 0.836. The third-order valence-electron chi connectivity index (χ3n) is 6.56. The monoisotopic (exact) mass is 560 g/mol. The van der Waals surface area contributed by atoms with E-state index in [0.29, 0.717) is 12.0 Å². The Morgan fingerprint density at radius 2 is 1.56 bits per heavy atom. The smallest absolute Gasteiger partial charge is 0.748 e. The average molecular weight is 561 g/mol. The van der Waals surface area contributed by atoms with E-state index < -0.39 is 21.5 Å². The number of aliphatic hydroxyl groups is 1. The molecule has 3 atom stereocenters. The molecule has 0 fully saturated rings. The van der Waals surface area contributed by atoms with Gasteiger partial charge in [0.2, 0.25) is 0 Å². The molecule has 3 aromatic rings. The number of phenols is 1. The summed E-state index contributed by atoms with van der Waals surface area (Å²) in [4.78, 5) is 0. The first-order chi connectivity index (χ1) is 18.3. The Kier molecular flexibility index (Phi) is 14.3. The minimum Gasteiger partial charge on any atom is -0.748 e. The van der Waals surface area contributed by atoms with Crippen LogP contribution in [-0.2, 0) is 16.5 Å². The van der Waals surface area contributed by atoms with Gasteiger partial charge < -0.3 is 19.5 Å². The summed E-state index contributed by atoms with van der Waals surface area (Å²) in [5, 5.41) is 18.5. The van der Waals surface area contributed by atoms with E-state index in [9.17, 15) is 23.2 Å². The summed E-state index contributed by atoms with van der Waals surface area (Å²) in [6.45, 7) is 2.18. The van der Waals surface area contributed by atoms with Gasteiger partial charge in [0.1, 0.15) is 17.6 Å². The maximum atomic E-state index is 11.9. The minimum atomic E-state index is -4.51. The first kappa shape index (κ1) is 33.1. The first-order valence-corrected chi connectivity index (χ1v) is 14.6. The van der Waals surface area contributed by atoms with Gasteiger partial charge >= 0.3 is 29.6 Å². The van der Waals surface area contributed by atoms with Crippen molar-refractivity contribution in [2.24, 2.45) is 0 Å². The van der Waals surface area contributed by atoms with Crippen molar-refractivity contribution in [3.8, 4) is 11.5 Å². The molecule has 2 N–H and O–H groups in total. The molecule has 204 valence electrons. The van der Waals surface area contributed by atoms with Crippen molar-refractivity contribution in [2.45, 2.75) is 69.3 Å². The van der Waals surface area contributed by atoms with Crippen molar-refractivity contribution >= 4 is 10.1 Å². The maximum Gasteiger partial charge on any atom is 1.00 e. The zero-order valence-electron chi connectivity index (χ0n) is 22.8. The molecule has 0 heterocycles. The second-order valence-electron chi connectivity index (χ2n) is 9.51. The predicted octanol–water partition coefficient (Wildman–Crippen LogP) is 3.62. The van der Waals surface area contributed by atoms with E-state index in [1.807, 2.05) is 42.5 Å². The van der Waals surface area contributed by atoms with E-state index in [4.69, 9.17) is 4.74 Å². The molecule has 3 aromatic carbocycles. The summed E-state index contributed by atoms with van der Waals surface area (Å²) in [6.07, 6.45) is 6.92. The maximum absolute atomic E-state index is 11.9. The van der Waals surface area contributed by atoms with Crippen LogP contribution in [0.5, 0.6) is 11.5 Å². The number of unbranched alkanes of at least 4 members (excludes halogenated alkanes) is 2. The number of allylic oxidation sites excluding steroid dienone is 1. The zero-order valence-corrected chi connectivity index (χ0v) is 25.6. The number of benzene rings is 3. The van der Waals surface area contributed by atoms with E-state index in [-0.39, 0.29) is 54.3 Å². The largest absolute Gasteiger partial charge is 1.00 e. The number of aliphatic hydroxyl groups excluding tert-OH is 1. The molecule has 0 saturated carbocycles. The van der Waals surface area contributed by atoms with Crippen LogP contribution in [0.15, 0.2) is 91.0 Å². The van der Waals surface area contributed by atoms with Gasteiger partial charge in [0, 0.05) is 0 Å². The standard InChI is InChI=1S/C31H38O6S.Na/c1-2-3-5-13-31(26-9-6-4-7-10-26)37-28-21-14-24(15-22-28)16-23-29(38(34,35)36)11-8-12-30(33)25-17-19-27(32)20-18-25;/h4,6-10,12,14-15,17-22,29-33H,2-3,5,11,13,16,23H2,1H3,(H,34,35,36);/q;+1/p-1/b12-8+;/t29-,30+,31-;/m0./s1.